The number of rotatable bonds is 2. The van der Waals surface area contributed by atoms with E-state index in [1.807, 2.05) is 0 Å². The van der Waals surface area contributed by atoms with E-state index in [1.54, 1.807) is 0 Å². The zero-order chi connectivity index (χ0) is 23.0. The van der Waals surface area contributed by atoms with Crippen LogP contribution in [0.5, 0.6) is 0 Å². The van der Waals surface area contributed by atoms with Crippen molar-refractivity contribution in [3.05, 3.63) is 0 Å². The molecule has 6 rings (SSSR count). The van der Waals surface area contributed by atoms with Crippen molar-refractivity contribution < 1.29 is 19.7 Å². The molecule has 0 spiro atoms. The second-order valence-electron chi connectivity index (χ2n) is 13.7. The van der Waals surface area contributed by atoms with Crippen molar-refractivity contribution in [1.29, 1.82) is 0 Å². The van der Waals surface area contributed by atoms with E-state index in [9.17, 15) is 10.2 Å². The molecule has 1 saturated heterocycles. The average molecular weight is 461 g/mol. The van der Waals surface area contributed by atoms with Gasteiger partial charge < -0.3 is 19.7 Å². The number of ether oxygens (including phenoxy) is 2. The van der Waals surface area contributed by atoms with Crippen molar-refractivity contribution in [2.75, 3.05) is 6.61 Å². The van der Waals surface area contributed by atoms with Crippen LogP contribution in [0.4, 0.5) is 0 Å². The lowest BCUT2D eigenvalue weighted by molar-refractivity contribution is -0.260. The molecule has 188 valence electrons. The summed E-state index contributed by atoms with van der Waals surface area (Å²) in [6, 6.07) is 0. The number of hydrogen-bond donors (Lipinski definition) is 2. The van der Waals surface area contributed by atoms with Crippen molar-refractivity contribution in [2.45, 2.75) is 122 Å². The Labute approximate surface area is 201 Å². The van der Waals surface area contributed by atoms with Gasteiger partial charge in [0.15, 0.2) is 6.29 Å². The molecule has 13 atom stereocenters. The summed E-state index contributed by atoms with van der Waals surface area (Å²) in [5.41, 5.74) is 0.981. The molecule has 0 amide bonds. The van der Waals surface area contributed by atoms with E-state index < -0.39 is 12.2 Å². The third-order valence-electron chi connectivity index (χ3n) is 12.5. The number of hydrogen-bond acceptors (Lipinski definition) is 4. The van der Waals surface area contributed by atoms with Crippen molar-refractivity contribution in [1.82, 2.24) is 0 Å². The SMILES string of the molecule is CC1C(OC2CC(O)C(O)CO2)CCC2(C)C1CCC1(C)C3CCC4CCCC4C3CCC21. The standard InChI is InChI=1S/C29H48O4/c1-17-21-11-13-29(3)22-9-7-18-5-4-6-19(18)20(22)8-10-26(29)28(21,2)14-12-25(17)33-27-15-23(30)24(31)16-32-27/h17-27,30-31H,4-16H2,1-3H3. The molecule has 6 fully saturated rings. The van der Waals surface area contributed by atoms with Gasteiger partial charge in [0.2, 0.25) is 0 Å². The molecular weight excluding hydrogens is 412 g/mol. The minimum absolute atomic E-state index is 0.179. The molecule has 33 heavy (non-hydrogen) atoms. The zero-order valence-corrected chi connectivity index (χ0v) is 21.3. The number of aliphatic hydroxyl groups is 2. The first-order valence-corrected chi connectivity index (χ1v) is 14.4. The molecule has 1 aliphatic heterocycles. The van der Waals surface area contributed by atoms with E-state index in [0.717, 1.165) is 41.9 Å². The van der Waals surface area contributed by atoms with Gasteiger partial charge in [0.25, 0.3) is 0 Å². The van der Waals surface area contributed by atoms with E-state index in [0.29, 0.717) is 23.2 Å². The van der Waals surface area contributed by atoms with Crippen molar-refractivity contribution in [2.24, 2.45) is 52.3 Å². The monoisotopic (exact) mass is 460 g/mol. The van der Waals surface area contributed by atoms with E-state index in [2.05, 4.69) is 20.8 Å². The van der Waals surface area contributed by atoms with Crippen LogP contribution in [-0.4, -0.2) is 41.4 Å². The molecule has 0 aromatic carbocycles. The molecule has 4 nitrogen and oxygen atoms in total. The maximum Gasteiger partial charge on any atom is 0.160 e. The van der Waals surface area contributed by atoms with Crippen LogP contribution in [0.1, 0.15) is 97.8 Å². The summed E-state index contributed by atoms with van der Waals surface area (Å²) >= 11 is 0. The lowest BCUT2D eigenvalue weighted by Crippen LogP contribution is -2.60. The van der Waals surface area contributed by atoms with Crippen LogP contribution in [0, 0.1) is 52.3 Å². The highest BCUT2D eigenvalue weighted by atomic mass is 16.7. The summed E-state index contributed by atoms with van der Waals surface area (Å²) in [5, 5.41) is 19.8. The third-order valence-corrected chi connectivity index (χ3v) is 12.5. The highest BCUT2D eigenvalue weighted by molar-refractivity contribution is 5.12. The topological polar surface area (TPSA) is 58.9 Å². The van der Waals surface area contributed by atoms with Crippen molar-refractivity contribution >= 4 is 0 Å². The molecule has 0 bridgehead atoms. The maximum atomic E-state index is 10.1. The fraction of sp³-hybridized carbons (Fsp3) is 1.00. The second-order valence-corrected chi connectivity index (χ2v) is 13.7. The molecule has 5 saturated carbocycles. The Bertz CT molecular complexity index is 726. The molecule has 4 heteroatoms. The lowest BCUT2D eigenvalue weighted by Gasteiger charge is -2.67. The van der Waals surface area contributed by atoms with E-state index in [4.69, 9.17) is 9.47 Å². The van der Waals surface area contributed by atoms with Gasteiger partial charge in [-0.15, -0.1) is 0 Å². The molecule has 0 radical (unpaired) electrons. The summed E-state index contributed by atoms with van der Waals surface area (Å²) in [6.07, 6.45) is 14.4. The predicted octanol–water partition coefficient (Wildman–Crippen LogP) is 5.54. The first kappa shape index (κ1) is 23.3. The number of aliphatic hydroxyl groups excluding tert-OH is 2. The highest BCUT2D eigenvalue weighted by Crippen LogP contribution is 2.70. The Hall–Kier alpha value is -0.160. The van der Waals surface area contributed by atoms with Gasteiger partial charge in [0, 0.05) is 6.42 Å². The van der Waals surface area contributed by atoms with Gasteiger partial charge in [-0.05, 0) is 110 Å². The van der Waals surface area contributed by atoms with Crippen LogP contribution in [0.2, 0.25) is 0 Å². The predicted molar refractivity (Wildman–Crippen MR) is 128 cm³/mol. The molecule has 1 heterocycles. The van der Waals surface area contributed by atoms with Crippen LogP contribution < -0.4 is 0 Å². The van der Waals surface area contributed by atoms with E-state index in [1.165, 1.54) is 64.2 Å². The van der Waals surface area contributed by atoms with E-state index in [-0.39, 0.29) is 19.0 Å². The minimum Gasteiger partial charge on any atom is -0.390 e. The first-order chi connectivity index (χ1) is 15.8. The van der Waals surface area contributed by atoms with Crippen LogP contribution in [0.3, 0.4) is 0 Å². The quantitative estimate of drug-likeness (QED) is 0.531. The summed E-state index contributed by atoms with van der Waals surface area (Å²) in [4.78, 5) is 0. The fourth-order valence-electron chi connectivity index (χ4n) is 11.0. The van der Waals surface area contributed by atoms with Crippen LogP contribution in [-0.2, 0) is 9.47 Å². The van der Waals surface area contributed by atoms with Gasteiger partial charge in [-0.2, -0.15) is 0 Å². The van der Waals surface area contributed by atoms with Gasteiger partial charge >= 0.3 is 0 Å². The van der Waals surface area contributed by atoms with Crippen LogP contribution >= 0.6 is 0 Å². The van der Waals surface area contributed by atoms with Crippen LogP contribution in [0.15, 0.2) is 0 Å². The first-order valence-electron chi connectivity index (χ1n) is 14.4. The highest BCUT2D eigenvalue weighted by Gasteiger charge is 2.63. The minimum atomic E-state index is -0.776. The smallest absolute Gasteiger partial charge is 0.160 e. The molecule has 13 unspecified atom stereocenters. The van der Waals surface area contributed by atoms with Gasteiger partial charge in [-0.3, -0.25) is 0 Å². The lowest BCUT2D eigenvalue weighted by atomic mass is 9.38. The molecule has 0 aromatic rings. The Morgan fingerprint density at radius 2 is 1.58 bits per heavy atom. The van der Waals surface area contributed by atoms with Gasteiger partial charge in [-0.1, -0.05) is 33.6 Å². The summed E-state index contributed by atoms with van der Waals surface area (Å²) in [7, 11) is 0. The summed E-state index contributed by atoms with van der Waals surface area (Å²) in [5.74, 6) is 6.24. The summed E-state index contributed by atoms with van der Waals surface area (Å²) in [6.45, 7) is 7.99. The normalized spacial score (nSPS) is 58.6. The third kappa shape index (κ3) is 3.59. The summed E-state index contributed by atoms with van der Waals surface area (Å²) < 4.78 is 12.2. The Morgan fingerprint density at radius 1 is 0.788 bits per heavy atom. The molecular formula is C29H48O4. The molecule has 0 aromatic heterocycles. The van der Waals surface area contributed by atoms with Gasteiger partial charge in [-0.25, -0.2) is 0 Å². The fourth-order valence-corrected chi connectivity index (χ4v) is 11.0. The molecule has 5 aliphatic carbocycles. The Kier molecular flexibility index (Phi) is 5.96. The number of fused-ring (bicyclic) bond motifs is 7. The van der Waals surface area contributed by atoms with Gasteiger partial charge in [0.1, 0.15) is 6.10 Å². The van der Waals surface area contributed by atoms with Crippen LogP contribution in [0.25, 0.3) is 0 Å². The maximum absolute atomic E-state index is 10.1. The van der Waals surface area contributed by atoms with Gasteiger partial charge in [0.05, 0.1) is 18.8 Å². The Morgan fingerprint density at radius 3 is 2.39 bits per heavy atom. The molecule has 6 aliphatic rings. The second kappa shape index (κ2) is 8.46. The Balaban J connectivity index is 1.17. The van der Waals surface area contributed by atoms with E-state index >= 15 is 0 Å². The van der Waals surface area contributed by atoms with Crippen molar-refractivity contribution in [3.8, 4) is 0 Å². The van der Waals surface area contributed by atoms with Crippen molar-refractivity contribution in [3.63, 3.8) is 0 Å². The zero-order valence-electron chi connectivity index (χ0n) is 21.3. The largest absolute Gasteiger partial charge is 0.390 e. The molecule has 2 N–H and O–H groups in total. The average Bonchev–Trinajstić information content (AvgIpc) is 3.27.